The Balaban J connectivity index is 2.04. The van der Waals surface area contributed by atoms with E-state index >= 15 is 0 Å². The Hall–Kier alpha value is -3.19. The molecule has 2 aromatic carbocycles. The predicted molar refractivity (Wildman–Crippen MR) is 107 cm³/mol. The smallest absolute Gasteiger partial charge is 0.319 e. The van der Waals surface area contributed by atoms with Gasteiger partial charge in [0.25, 0.3) is 5.91 Å². The van der Waals surface area contributed by atoms with Gasteiger partial charge in [0.15, 0.2) is 0 Å². The minimum Gasteiger partial charge on any atom is -0.497 e. The maximum Gasteiger partial charge on any atom is 0.319 e. The van der Waals surface area contributed by atoms with Crippen LogP contribution in [0.4, 0.5) is 10.5 Å². The number of allylic oxidation sites excluding steroid dienone is 1. The molecule has 0 bridgehead atoms. The zero-order chi connectivity index (χ0) is 20.3. The van der Waals surface area contributed by atoms with Gasteiger partial charge in [0.05, 0.1) is 36.5 Å². The van der Waals surface area contributed by atoms with Gasteiger partial charge in [0.1, 0.15) is 11.5 Å². The highest BCUT2D eigenvalue weighted by atomic mass is 35.5. The zero-order valence-electron chi connectivity index (χ0n) is 15.6. The third-order valence-electron chi connectivity index (χ3n) is 4.38. The van der Waals surface area contributed by atoms with Crippen molar-refractivity contribution in [3.8, 4) is 11.5 Å². The van der Waals surface area contributed by atoms with Crippen LogP contribution in [-0.2, 0) is 4.79 Å². The largest absolute Gasteiger partial charge is 0.497 e. The van der Waals surface area contributed by atoms with Gasteiger partial charge in [-0.3, -0.25) is 4.79 Å². The molecule has 28 heavy (non-hydrogen) atoms. The first-order chi connectivity index (χ1) is 13.4. The quantitative estimate of drug-likeness (QED) is 0.713. The third-order valence-corrected chi connectivity index (χ3v) is 4.71. The molecule has 1 atom stereocenters. The maximum atomic E-state index is 13.1. The fourth-order valence-electron chi connectivity index (χ4n) is 3.05. The van der Waals surface area contributed by atoms with E-state index in [1.807, 2.05) is 0 Å². The summed E-state index contributed by atoms with van der Waals surface area (Å²) in [4.78, 5) is 25.2. The summed E-state index contributed by atoms with van der Waals surface area (Å²) in [6, 6.07) is 11.0. The minimum atomic E-state index is -0.735. The molecule has 3 N–H and O–H groups in total. The molecular weight excluding hydrogens is 382 g/mol. The standard InChI is InChI=1S/C20H20ClN3O4/c1-11-17(19(25)23-15-7-5-4-6-14(15)21)18(24-20(26)22-11)13-10-12(27-2)8-9-16(13)28-3/h4-10,18H,1-3H3,(H,23,25)(H2,22,24,26)/t18-/m1/s1. The van der Waals surface area contributed by atoms with E-state index in [-0.39, 0.29) is 0 Å². The van der Waals surface area contributed by atoms with Crippen molar-refractivity contribution in [1.82, 2.24) is 10.6 Å². The topological polar surface area (TPSA) is 88.7 Å². The fourth-order valence-corrected chi connectivity index (χ4v) is 3.23. The number of rotatable bonds is 5. The second-order valence-corrected chi connectivity index (χ2v) is 6.52. The summed E-state index contributed by atoms with van der Waals surface area (Å²) in [5.74, 6) is 0.698. The molecule has 1 aliphatic heterocycles. The predicted octanol–water partition coefficient (Wildman–Crippen LogP) is 3.62. The van der Waals surface area contributed by atoms with Crippen LogP contribution in [0.1, 0.15) is 18.5 Å². The number of carbonyl (C=O) groups is 2. The number of hydrogen-bond acceptors (Lipinski definition) is 4. The SMILES string of the molecule is COc1ccc(OC)c([C@H]2NC(=O)NC(C)=C2C(=O)Nc2ccccc2Cl)c1. The first-order valence-corrected chi connectivity index (χ1v) is 8.88. The van der Waals surface area contributed by atoms with E-state index in [9.17, 15) is 9.59 Å². The molecule has 0 radical (unpaired) electrons. The number of urea groups is 1. The molecule has 7 nitrogen and oxygen atoms in total. The number of carbonyl (C=O) groups excluding carboxylic acids is 2. The van der Waals surface area contributed by atoms with E-state index in [4.69, 9.17) is 21.1 Å². The number of nitrogens with one attached hydrogen (secondary N) is 3. The van der Waals surface area contributed by atoms with Crippen molar-refractivity contribution in [2.45, 2.75) is 13.0 Å². The van der Waals surface area contributed by atoms with Crippen molar-refractivity contribution >= 4 is 29.2 Å². The van der Waals surface area contributed by atoms with Crippen molar-refractivity contribution in [3.05, 3.63) is 64.3 Å². The molecule has 2 aromatic rings. The van der Waals surface area contributed by atoms with E-state index < -0.39 is 18.0 Å². The van der Waals surface area contributed by atoms with Crippen LogP contribution >= 0.6 is 11.6 Å². The Morgan fingerprint density at radius 3 is 2.57 bits per heavy atom. The number of anilines is 1. The molecule has 0 saturated heterocycles. The van der Waals surface area contributed by atoms with Gasteiger partial charge in [-0.15, -0.1) is 0 Å². The first kappa shape index (κ1) is 19.6. The van der Waals surface area contributed by atoms with Crippen LogP contribution in [0.15, 0.2) is 53.7 Å². The second-order valence-electron chi connectivity index (χ2n) is 6.11. The molecule has 8 heteroatoms. The van der Waals surface area contributed by atoms with Crippen molar-refractivity contribution in [2.75, 3.05) is 19.5 Å². The third kappa shape index (κ3) is 3.89. The van der Waals surface area contributed by atoms with Gasteiger partial charge in [-0.2, -0.15) is 0 Å². The number of amides is 3. The Morgan fingerprint density at radius 1 is 1.14 bits per heavy atom. The Bertz CT molecular complexity index is 958. The van der Waals surface area contributed by atoms with E-state index in [2.05, 4.69) is 16.0 Å². The van der Waals surface area contributed by atoms with Crippen molar-refractivity contribution < 1.29 is 19.1 Å². The van der Waals surface area contributed by atoms with Crippen LogP contribution in [-0.4, -0.2) is 26.2 Å². The molecule has 0 spiro atoms. The summed E-state index contributed by atoms with van der Waals surface area (Å²) in [5.41, 5.74) is 1.84. The summed E-state index contributed by atoms with van der Waals surface area (Å²) < 4.78 is 10.7. The summed E-state index contributed by atoms with van der Waals surface area (Å²) >= 11 is 6.15. The van der Waals surface area contributed by atoms with Crippen molar-refractivity contribution in [3.63, 3.8) is 0 Å². The summed E-state index contributed by atoms with van der Waals surface area (Å²) in [6.07, 6.45) is 0. The van der Waals surface area contributed by atoms with Crippen molar-refractivity contribution in [1.29, 1.82) is 0 Å². The van der Waals surface area contributed by atoms with E-state index in [0.29, 0.717) is 39.0 Å². The van der Waals surface area contributed by atoms with Gasteiger partial charge >= 0.3 is 6.03 Å². The highest BCUT2D eigenvalue weighted by Crippen LogP contribution is 2.36. The lowest BCUT2D eigenvalue weighted by Gasteiger charge is -2.29. The molecule has 3 rings (SSSR count). The first-order valence-electron chi connectivity index (χ1n) is 8.50. The molecule has 1 aliphatic rings. The number of ether oxygens (including phenoxy) is 2. The lowest BCUT2D eigenvalue weighted by molar-refractivity contribution is -0.113. The van der Waals surface area contributed by atoms with Gasteiger partial charge in [0.2, 0.25) is 0 Å². The Labute approximate surface area is 167 Å². The molecule has 146 valence electrons. The van der Waals surface area contributed by atoms with Gasteiger partial charge < -0.3 is 25.4 Å². The Morgan fingerprint density at radius 2 is 1.89 bits per heavy atom. The monoisotopic (exact) mass is 401 g/mol. The van der Waals surface area contributed by atoms with Gasteiger partial charge in [-0.25, -0.2) is 4.79 Å². The molecule has 0 saturated carbocycles. The Kier molecular flexibility index (Phi) is 5.75. The van der Waals surface area contributed by atoms with Crippen LogP contribution < -0.4 is 25.4 Å². The number of halogens is 1. The van der Waals surface area contributed by atoms with Gasteiger partial charge in [0, 0.05) is 11.3 Å². The highest BCUT2D eigenvalue weighted by molar-refractivity contribution is 6.33. The summed E-state index contributed by atoms with van der Waals surface area (Å²) in [7, 11) is 3.06. The number of para-hydroxylation sites is 1. The highest BCUT2D eigenvalue weighted by Gasteiger charge is 2.33. The van der Waals surface area contributed by atoms with Crippen LogP contribution in [0.5, 0.6) is 11.5 Å². The molecule has 1 heterocycles. The van der Waals surface area contributed by atoms with E-state index in [1.54, 1.807) is 56.5 Å². The lowest BCUT2D eigenvalue weighted by atomic mass is 9.93. The minimum absolute atomic E-state index is 0.339. The normalized spacial score (nSPS) is 16.1. The van der Waals surface area contributed by atoms with Crippen LogP contribution in [0.3, 0.4) is 0 Å². The summed E-state index contributed by atoms with van der Waals surface area (Å²) in [6.45, 7) is 1.67. The average Bonchev–Trinajstić information content (AvgIpc) is 2.68. The molecular formula is C20H20ClN3O4. The molecule has 0 fully saturated rings. The summed E-state index contributed by atoms with van der Waals surface area (Å²) in [5, 5.41) is 8.64. The van der Waals surface area contributed by atoms with E-state index in [1.165, 1.54) is 7.11 Å². The van der Waals surface area contributed by atoms with Crippen molar-refractivity contribution in [2.24, 2.45) is 0 Å². The molecule has 0 aliphatic carbocycles. The van der Waals surface area contributed by atoms with Crippen LogP contribution in [0.25, 0.3) is 0 Å². The molecule has 0 unspecified atom stereocenters. The van der Waals surface area contributed by atoms with Crippen LogP contribution in [0.2, 0.25) is 5.02 Å². The number of hydrogen-bond donors (Lipinski definition) is 3. The fraction of sp³-hybridized carbons (Fsp3) is 0.200. The number of methoxy groups -OCH3 is 2. The molecule has 3 amide bonds. The van der Waals surface area contributed by atoms with Gasteiger partial charge in [-0.1, -0.05) is 23.7 Å². The molecule has 0 aromatic heterocycles. The average molecular weight is 402 g/mol. The maximum absolute atomic E-state index is 13.1. The zero-order valence-corrected chi connectivity index (χ0v) is 16.4. The number of benzene rings is 2. The lowest BCUT2D eigenvalue weighted by Crippen LogP contribution is -2.46. The van der Waals surface area contributed by atoms with Crippen LogP contribution in [0, 0.1) is 0 Å². The van der Waals surface area contributed by atoms with E-state index in [0.717, 1.165) is 0 Å². The van der Waals surface area contributed by atoms with Gasteiger partial charge in [-0.05, 0) is 37.3 Å². The second kappa shape index (κ2) is 8.22.